The molecule has 0 saturated heterocycles. The third-order valence-corrected chi connectivity index (χ3v) is 6.16. The van der Waals surface area contributed by atoms with Gasteiger partial charge in [0.05, 0.1) is 6.61 Å². The van der Waals surface area contributed by atoms with Crippen LogP contribution in [0.5, 0.6) is 11.5 Å². The first-order valence-electron chi connectivity index (χ1n) is 11.3. The fourth-order valence-electron chi connectivity index (χ4n) is 3.00. The molecule has 0 bridgehead atoms. The van der Waals surface area contributed by atoms with Gasteiger partial charge in [-0.25, -0.2) is 9.45 Å². The lowest BCUT2D eigenvalue weighted by molar-refractivity contribution is -0.220. The van der Waals surface area contributed by atoms with Crippen molar-refractivity contribution in [2.75, 3.05) is 6.61 Å². The van der Waals surface area contributed by atoms with Crippen LogP contribution in [0, 0.1) is 0 Å². The molecule has 0 radical (unpaired) electrons. The minimum Gasteiger partial charge on any atom is -0.394 e. The Bertz CT molecular complexity index is 742. The van der Waals surface area contributed by atoms with Crippen molar-refractivity contribution in [3.05, 3.63) is 59.7 Å². The topological polar surface area (TPSA) is 54.0 Å². The number of hydrogen-bond acceptors (Lipinski definition) is 5. The largest absolute Gasteiger partial charge is 0.615 e. The summed E-state index contributed by atoms with van der Waals surface area (Å²) < 4.78 is 29.8. The van der Waals surface area contributed by atoms with Gasteiger partial charge in [0.1, 0.15) is 11.5 Å². The van der Waals surface area contributed by atoms with Gasteiger partial charge in [-0.15, -0.1) is 4.67 Å². The maximum absolute atomic E-state index is 13.3. The molecule has 6 heteroatoms. The Morgan fingerprint density at radius 2 is 1.16 bits per heavy atom. The minimum atomic E-state index is -4.02. The molecule has 0 fully saturated rings. The zero-order chi connectivity index (χ0) is 22.7. The molecule has 0 unspecified atom stereocenters. The number of unbranched alkanes of at least 4 members (excludes halogenated alkanes) is 4. The van der Waals surface area contributed by atoms with Gasteiger partial charge >= 0.3 is 7.82 Å². The average molecular weight is 449 g/mol. The second kappa shape index (κ2) is 12.9. The average Bonchev–Trinajstić information content (AvgIpc) is 2.74. The van der Waals surface area contributed by atoms with E-state index in [0.717, 1.165) is 30.4 Å². The number of benzene rings is 2. The molecule has 0 heterocycles. The van der Waals surface area contributed by atoms with E-state index >= 15 is 0 Å². The fourth-order valence-corrected chi connectivity index (χ4v) is 4.06. The Morgan fingerprint density at radius 3 is 1.58 bits per heavy atom. The molecule has 0 aliphatic rings. The van der Waals surface area contributed by atoms with Gasteiger partial charge in [-0.05, 0) is 53.6 Å². The molecule has 0 amide bonds. The zero-order valence-corrected chi connectivity index (χ0v) is 20.4. The first-order chi connectivity index (χ1) is 14.8. The van der Waals surface area contributed by atoms with Crippen molar-refractivity contribution in [1.29, 1.82) is 0 Å². The van der Waals surface area contributed by atoms with E-state index in [1.807, 2.05) is 24.3 Å². The van der Waals surface area contributed by atoms with Crippen LogP contribution in [0.15, 0.2) is 48.5 Å². The summed E-state index contributed by atoms with van der Waals surface area (Å²) in [7, 11) is -4.02. The highest BCUT2D eigenvalue weighted by molar-refractivity contribution is 7.49. The van der Waals surface area contributed by atoms with E-state index in [0.29, 0.717) is 29.9 Å². The van der Waals surface area contributed by atoms with Gasteiger partial charge in [0.25, 0.3) is 0 Å². The molecule has 0 aliphatic carbocycles. The van der Waals surface area contributed by atoms with E-state index in [1.165, 1.54) is 12.8 Å². The second-order valence-electron chi connectivity index (χ2n) is 8.39. The van der Waals surface area contributed by atoms with Crippen molar-refractivity contribution in [2.24, 2.45) is 0 Å². The van der Waals surface area contributed by atoms with E-state index in [9.17, 15) is 4.57 Å². The van der Waals surface area contributed by atoms with Crippen LogP contribution < -0.4 is 9.05 Å². The lowest BCUT2D eigenvalue weighted by Gasteiger charge is -2.18. The molecular weight excluding hydrogens is 411 g/mol. The van der Waals surface area contributed by atoms with Gasteiger partial charge < -0.3 is 9.05 Å². The quantitative estimate of drug-likeness (QED) is 0.126. The molecule has 0 N–H and O–H groups in total. The van der Waals surface area contributed by atoms with E-state index in [-0.39, 0.29) is 0 Å². The second-order valence-corrected chi connectivity index (χ2v) is 9.80. The Kier molecular flexibility index (Phi) is 10.6. The number of phosphoric acid groups is 1. The number of hydrogen-bond donors (Lipinski definition) is 0. The Labute approximate surface area is 187 Å². The highest BCUT2D eigenvalue weighted by atomic mass is 31.2. The van der Waals surface area contributed by atoms with Crippen LogP contribution in [0.2, 0.25) is 0 Å². The van der Waals surface area contributed by atoms with Gasteiger partial charge in [-0.2, -0.15) is 0 Å². The highest BCUT2D eigenvalue weighted by Crippen LogP contribution is 2.50. The molecule has 0 spiro atoms. The molecule has 2 rings (SSSR count). The van der Waals surface area contributed by atoms with Crippen LogP contribution in [0.1, 0.15) is 89.7 Å². The standard InChI is InChI=1S/C25H37O5P/c1-6-7-8-9-10-19-27-30-31(26,28-24-15-11-22(12-16-24)20(2)3)29-25-17-13-23(14-18-25)21(4)5/h11-18,20-21H,6-10,19H2,1-5H3. The molecule has 0 aliphatic heterocycles. The van der Waals surface area contributed by atoms with Crippen molar-refractivity contribution in [2.45, 2.75) is 78.6 Å². The lowest BCUT2D eigenvalue weighted by Crippen LogP contribution is -2.07. The van der Waals surface area contributed by atoms with Gasteiger partial charge in [-0.3, -0.25) is 0 Å². The van der Waals surface area contributed by atoms with Crippen LogP contribution in [0.4, 0.5) is 0 Å². The lowest BCUT2D eigenvalue weighted by atomic mass is 10.0. The monoisotopic (exact) mass is 448 g/mol. The predicted molar refractivity (Wildman–Crippen MR) is 126 cm³/mol. The zero-order valence-electron chi connectivity index (χ0n) is 19.5. The minimum absolute atomic E-state index is 0.332. The maximum atomic E-state index is 13.3. The van der Waals surface area contributed by atoms with Crippen LogP contribution in [-0.2, 0) is 14.1 Å². The summed E-state index contributed by atoms with van der Waals surface area (Å²) in [4.78, 5) is 5.23. The van der Waals surface area contributed by atoms with Crippen LogP contribution >= 0.6 is 7.82 Å². The number of phosphoric ester groups is 1. The normalized spacial score (nSPS) is 11.8. The molecule has 5 nitrogen and oxygen atoms in total. The van der Waals surface area contributed by atoms with E-state index < -0.39 is 7.82 Å². The van der Waals surface area contributed by atoms with E-state index in [4.69, 9.17) is 18.6 Å². The summed E-state index contributed by atoms with van der Waals surface area (Å²) in [5.41, 5.74) is 2.33. The van der Waals surface area contributed by atoms with Gasteiger partial charge in [-0.1, -0.05) is 84.6 Å². The molecule has 0 saturated carbocycles. The highest BCUT2D eigenvalue weighted by Gasteiger charge is 2.33. The van der Waals surface area contributed by atoms with Crippen LogP contribution in [0.25, 0.3) is 0 Å². The molecule has 172 valence electrons. The van der Waals surface area contributed by atoms with Crippen molar-refractivity contribution < 1.29 is 23.2 Å². The van der Waals surface area contributed by atoms with Gasteiger partial charge in [0, 0.05) is 0 Å². The van der Waals surface area contributed by atoms with E-state index in [1.54, 1.807) is 24.3 Å². The third-order valence-electron chi connectivity index (χ3n) is 5.00. The summed E-state index contributed by atoms with van der Waals surface area (Å²) in [5.74, 6) is 1.59. The van der Waals surface area contributed by atoms with Crippen molar-refractivity contribution >= 4 is 7.82 Å². The molecule has 2 aromatic carbocycles. The van der Waals surface area contributed by atoms with Crippen LogP contribution in [0.3, 0.4) is 0 Å². The number of rotatable bonds is 14. The third kappa shape index (κ3) is 9.06. The SMILES string of the molecule is CCCCCCCOOP(=O)(Oc1ccc(C(C)C)cc1)Oc1ccc(C(C)C)cc1. The van der Waals surface area contributed by atoms with Gasteiger partial charge in [0.15, 0.2) is 0 Å². The first-order valence-corrected chi connectivity index (χ1v) is 12.8. The fraction of sp³-hybridized carbons (Fsp3) is 0.520. The first kappa shape index (κ1) is 25.5. The van der Waals surface area contributed by atoms with Crippen molar-refractivity contribution in [3.8, 4) is 11.5 Å². The molecular formula is C25H37O5P. The smallest absolute Gasteiger partial charge is 0.394 e. The Morgan fingerprint density at radius 1 is 0.710 bits per heavy atom. The summed E-state index contributed by atoms with van der Waals surface area (Å²) in [6.45, 7) is 11.0. The molecule has 0 atom stereocenters. The Hall–Kier alpha value is -1.81. The van der Waals surface area contributed by atoms with Crippen molar-refractivity contribution in [3.63, 3.8) is 0 Å². The van der Waals surface area contributed by atoms with E-state index in [2.05, 4.69) is 34.6 Å². The van der Waals surface area contributed by atoms with Crippen molar-refractivity contribution in [1.82, 2.24) is 0 Å². The predicted octanol–water partition coefficient (Wildman–Crippen LogP) is 8.42. The molecule has 31 heavy (non-hydrogen) atoms. The summed E-state index contributed by atoms with van der Waals surface area (Å²) >= 11 is 0. The molecule has 0 aromatic heterocycles. The maximum Gasteiger partial charge on any atom is 0.615 e. The summed E-state index contributed by atoms with van der Waals surface area (Å²) in [6.07, 6.45) is 5.39. The summed E-state index contributed by atoms with van der Waals surface area (Å²) in [5, 5.41) is 0. The Balaban J connectivity index is 2.05. The van der Waals surface area contributed by atoms with Crippen LogP contribution in [-0.4, -0.2) is 6.61 Å². The summed E-state index contributed by atoms with van der Waals surface area (Å²) in [6, 6.07) is 14.8. The molecule has 2 aromatic rings. The van der Waals surface area contributed by atoms with Gasteiger partial charge in [0.2, 0.25) is 0 Å².